The Balaban J connectivity index is 1.65. The molecule has 1 aromatic heterocycles. The average Bonchev–Trinajstić information content (AvgIpc) is 2.82. The molecule has 1 amide bonds. The van der Waals surface area contributed by atoms with Crippen LogP contribution in [0.15, 0.2) is 65.8 Å². The van der Waals surface area contributed by atoms with Crippen molar-refractivity contribution in [3.05, 3.63) is 66.5 Å². The molecule has 0 radical (unpaired) electrons. The molecule has 1 heterocycles. The van der Waals surface area contributed by atoms with Crippen molar-refractivity contribution in [3.8, 4) is 17.4 Å². The lowest BCUT2D eigenvalue weighted by Crippen LogP contribution is -2.14. The molecule has 3 aromatic rings. The lowest BCUT2D eigenvalue weighted by atomic mass is 10.2. The highest BCUT2D eigenvalue weighted by molar-refractivity contribution is 7.92. The summed E-state index contributed by atoms with van der Waals surface area (Å²) < 4.78 is 42.9. The summed E-state index contributed by atoms with van der Waals surface area (Å²) in [5.74, 6) is 1.04. The third-order valence-electron chi connectivity index (χ3n) is 4.36. The molecule has 0 aliphatic heterocycles. The normalized spacial score (nSPS) is 11.1. The van der Waals surface area contributed by atoms with Crippen LogP contribution in [0.1, 0.15) is 5.56 Å². The Morgan fingerprint density at radius 3 is 2.30 bits per heavy atom. The summed E-state index contributed by atoms with van der Waals surface area (Å²) >= 11 is 0. The zero-order chi connectivity index (χ0) is 23.8. The van der Waals surface area contributed by atoms with E-state index in [2.05, 4.69) is 20.0 Å². The maximum atomic E-state index is 12.6. The first kappa shape index (κ1) is 23.5. The van der Waals surface area contributed by atoms with Crippen molar-refractivity contribution < 1.29 is 27.4 Å². The summed E-state index contributed by atoms with van der Waals surface area (Å²) in [7, 11) is 0.598. The third-order valence-corrected chi connectivity index (χ3v) is 5.73. The Labute approximate surface area is 191 Å². The number of hydrogen-bond acceptors (Lipinski definition) is 8. The van der Waals surface area contributed by atoms with Crippen LogP contribution < -0.4 is 24.2 Å². The SMILES string of the molecule is COc1cc(NS(=O)(=O)c2ccc(NC(=O)/C=C/c3ccc(OC)c(OC)c3)cc2)ncn1. The van der Waals surface area contributed by atoms with Gasteiger partial charge >= 0.3 is 0 Å². The Morgan fingerprint density at radius 2 is 1.64 bits per heavy atom. The van der Waals surface area contributed by atoms with Gasteiger partial charge in [-0.15, -0.1) is 0 Å². The standard InChI is InChI=1S/C22H22N4O6S/c1-30-18-10-4-15(12-19(18)31-2)5-11-21(27)25-16-6-8-17(9-7-16)33(28,29)26-20-13-22(32-3)24-14-23-20/h4-14H,1-3H3,(H,25,27)(H,23,24,26)/b11-5+. The van der Waals surface area contributed by atoms with Crippen LogP contribution in [0.2, 0.25) is 0 Å². The quantitative estimate of drug-likeness (QED) is 0.457. The van der Waals surface area contributed by atoms with E-state index in [1.165, 1.54) is 57.0 Å². The molecule has 2 N–H and O–H groups in total. The summed E-state index contributed by atoms with van der Waals surface area (Å²) in [6.07, 6.45) is 4.16. The monoisotopic (exact) mass is 470 g/mol. The van der Waals surface area contributed by atoms with Gasteiger partial charge < -0.3 is 19.5 Å². The first-order valence-corrected chi connectivity index (χ1v) is 11.0. The number of carbonyl (C=O) groups excluding carboxylic acids is 1. The van der Waals surface area contributed by atoms with Crippen LogP contribution in [0.4, 0.5) is 11.5 Å². The van der Waals surface area contributed by atoms with E-state index in [1.54, 1.807) is 31.4 Å². The topological polar surface area (TPSA) is 129 Å². The second-order valence-electron chi connectivity index (χ2n) is 6.51. The second kappa shape index (κ2) is 10.5. The van der Waals surface area contributed by atoms with Crippen molar-refractivity contribution in [3.63, 3.8) is 0 Å². The number of nitrogens with one attached hydrogen (secondary N) is 2. The van der Waals surface area contributed by atoms with Crippen molar-refractivity contribution in [1.82, 2.24) is 9.97 Å². The summed E-state index contributed by atoms with van der Waals surface area (Å²) in [6.45, 7) is 0. The highest BCUT2D eigenvalue weighted by Gasteiger charge is 2.15. The van der Waals surface area contributed by atoms with E-state index in [0.717, 1.165) is 5.56 Å². The molecule has 0 aliphatic rings. The van der Waals surface area contributed by atoms with Crippen LogP contribution in [0.25, 0.3) is 6.08 Å². The molecule has 0 saturated carbocycles. The van der Waals surface area contributed by atoms with Gasteiger partial charge in [0.25, 0.3) is 10.0 Å². The molecule has 0 atom stereocenters. The minimum absolute atomic E-state index is 0.000974. The first-order chi connectivity index (χ1) is 15.8. The fourth-order valence-electron chi connectivity index (χ4n) is 2.73. The number of rotatable bonds is 9. The maximum Gasteiger partial charge on any atom is 0.263 e. The molecule has 2 aromatic carbocycles. The van der Waals surface area contributed by atoms with Crippen molar-refractivity contribution in [2.75, 3.05) is 31.4 Å². The van der Waals surface area contributed by atoms with Gasteiger partial charge in [-0.05, 0) is 48.0 Å². The van der Waals surface area contributed by atoms with E-state index in [9.17, 15) is 13.2 Å². The van der Waals surface area contributed by atoms with Gasteiger partial charge in [0, 0.05) is 17.8 Å². The van der Waals surface area contributed by atoms with E-state index in [-0.39, 0.29) is 22.5 Å². The summed E-state index contributed by atoms with van der Waals surface area (Å²) in [4.78, 5) is 19.9. The lowest BCUT2D eigenvalue weighted by Gasteiger charge is -2.09. The predicted octanol–water partition coefficient (Wildman–Crippen LogP) is 2.96. The number of benzene rings is 2. The summed E-state index contributed by atoms with van der Waals surface area (Å²) in [6, 6.07) is 12.3. The van der Waals surface area contributed by atoms with Crippen molar-refractivity contribution >= 4 is 33.5 Å². The summed E-state index contributed by atoms with van der Waals surface area (Å²) in [5.41, 5.74) is 1.18. The van der Waals surface area contributed by atoms with E-state index in [4.69, 9.17) is 14.2 Å². The molecule has 0 spiro atoms. The highest BCUT2D eigenvalue weighted by Crippen LogP contribution is 2.28. The molecular formula is C22H22N4O6S. The van der Waals surface area contributed by atoms with Crippen LogP contribution in [-0.2, 0) is 14.8 Å². The van der Waals surface area contributed by atoms with Gasteiger partial charge in [-0.3, -0.25) is 9.52 Å². The van der Waals surface area contributed by atoms with Crippen LogP contribution in [0.5, 0.6) is 17.4 Å². The molecule has 0 unspecified atom stereocenters. The molecule has 10 nitrogen and oxygen atoms in total. The van der Waals surface area contributed by atoms with Crippen LogP contribution in [0.3, 0.4) is 0 Å². The molecule has 11 heteroatoms. The fraction of sp³-hybridized carbons (Fsp3) is 0.136. The highest BCUT2D eigenvalue weighted by atomic mass is 32.2. The number of carbonyl (C=O) groups is 1. The smallest absolute Gasteiger partial charge is 0.263 e. The van der Waals surface area contributed by atoms with Crippen molar-refractivity contribution in [2.24, 2.45) is 0 Å². The van der Waals surface area contributed by atoms with Crippen LogP contribution in [0, 0.1) is 0 Å². The number of aromatic nitrogens is 2. The van der Waals surface area contributed by atoms with Crippen molar-refractivity contribution in [2.45, 2.75) is 4.90 Å². The number of amides is 1. The van der Waals surface area contributed by atoms with Gasteiger partial charge in [-0.25, -0.2) is 18.4 Å². The van der Waals surface area contributed by atoms with Crippen molar-refractivity contribution in [1.29, 1.82) is 0 Å². The van der Waals surface area contributed by atoms with Gasteiger partial charge in [-0.2, -0.15) is 0 Å². The largest absolute Gasteiger partial charge is 0.493 e. The number of anilines is 2. The molecule has 0 saturated heterocycles. The number of sulfonamides is 1. The van der Waals surface area contributed by atoms with E-state index >= 15 is 0 Å². The molecule has 33 heavy (non-hydrogen) atoms. The maximum absolute atomic E-state index is 12.6. The predicted molar refractivity (Wildman–Crippen MR) is 123 cm³/mol. The molecule has 172 valence electrons. The van der Waals surface area contributed by atoms with Gasteiger partial charge in [0.05, 0.1) is 26.2 Å². The number of methoxy groups -OCH3 is 3. The lowest BCUT2D eigenvalue weighted by molar-refractivity contribution is -0.111. The molecule has 0 fully saturated rings. The first-order valence-electron chi connectivity index (χ1n) is 9.54. The van der Waals surface area contributed by atoms with Gasteiger partial charge in [-0.1, -0.05) is 6.07 Å². The fourth-order valence-corrected chi connectivity index (χ4v) is 3.73. The van der Waals surface area contributed by atoms with Crippen LogP contribution in [-0.4, -0.2) is 45.6 Å². The van der Waals surface area contributed by atoms with E-state index in [0.29, 0.717) is 17.2 Å². The second-order valence-corrected chi connectivity index (χ2v) is 8.19. The zero-order valence-electron chi connectivity index (χ0n) is 18.1. The zero-order valence-corrected chi connectivity index (χ0v) is 18.9. The molecule has 3 rings (SSSR count). The van der Waals surface area contributed by atoms with Gasteiger partial charge in [0.1, 0.15) is 12.1 Å². The van der Waals surface area contributed by atoms with E-state index in [1.807, 2.05) is 0 Å². The molecular weight excluding hydrogens is 448 g/mol. The number of hydrogen-bond donors (Lipinski definition) is 2. The Morgan fingerprint density at radius 1 is 0.909 bits per heavy atom. The Kier molecular flexibility index (Phi) is 7.46. The van der Waals surface area contributed by atoms with E-state index < -0.39 is 10.0 Å². The Hall–Kier alpha value is -4.12. The molecule has 0 bridgehead atoms. The number of ether oxygens (including phenoxy) is 3. The van der Waals surface area contributed by atoms with Gasteiger partial charge in [0.2, 0.25) is 11.8 Å². The minimum Gasteiger partial charge on any atom is -0.493 e. The average molecular weight is 471 g/mol. The van der Waals surface area contributed by atoms with Gasteiger partial charge in [0.15, 0.2) is 11.5 Å². The number of nitrogens with zero attached hydrogens (tertiary/aromatic N) is 2. The molecule has 0 aliphatic carbocycles. The van der Waals surface area contributed by atoms with Crippen LogP contribution >= 0.6 is 0 Å². The Bertz CT molecular complexity index is 1260. The summed E-state index contributed by atoms with van der Waals surface area (Å²) in [5, 5.41) is 2.67. The third kappa shape index (κ3) is 6.20. The minimum atomic E-state index is -3.89.